The van der Waals surface area contributed by atoms with Gasteiger partial charge in [0.15, 0.2) is 0 Å². The molecule has 1 aromatic rings. The first-order valence-corrected chi connectivity index (χ1v) is 12.8. The summed E-state index contributed by atoms with van der Waals surface area (Å²) in [6, 6.07) is 6.70. The van der Waals surface area contributed by atoms with Gasteiger partial charge in [0.1, 0.15) is 24.1 Å². The van der Waals surface area contributed by atoms with Crippen molar-refractivity contribution in [3.8, 4) is 5.75 Å². The van der Waals surface area contributed by atoms with Crippen LogP contribution in [-0.4, -0.2) is 115 Å². The summed E-state index contributed by atoms with van der Waals surface area (Å²) in [5, 5.41) is 23.6. The Morgan fingerprint density at radius 2 is 1.97 bits per heavy atom. The van der Waals surface area contributed by atoms with Crippen LogP contribution in [0.5, 0.6) is 5.75 Å². The van der Waals surface area contributed by atoms with Crippen molar-refractivity contribution < 1.29 is 34.0 Å². The summed E-state index contributed by atoms with van der Waals surface area (Å²) < 4.78 is 17.3. The third kappa shape index (κ3) is 5.01. The Hall–Kier alpha value is -2.50. The van der Waals surface area contributed by atoms with E-state index in [0.717, 1.165) is 25.1 Å². The van der Waals surface area contributed by atoms with Gasteiger partial charge in [0.2, 0.25) is 5.91 Å². The molecule has 0 radical (unpaired) electrons. The molecule has 0 saturated carbocycles. The molecule has 1 aliphatic carbocycles. The Balaban J connectivity index is 1.47. The number of hydrogen-bond acceptors (Lipinski definition) is 8. The molecule has 5 atom stereocenters. The van der Waals surface area contributed by atoms with Crippen LogP contribution >= 0.6 is 0 Å². The second-order valence-electron chi connectivity index (χ2n) is 9.67. The summed E-state index contributed by atoms with van der Waals surface area (Å²) in [4.78, 5) is 30.8. The number of nitrogens with zero attached hydrogens (tertiary/aromatic N) is 2. The molecule has 2 saturated heterocycles. The summed E-state index contributed by atoms with van der Waals surface area (Å²) in [6.45, 7) is 4.33. The van der Waals surface area contributed by atoms with E-state index in [4.69, 9.17) is 14.2 Å². The Morgan fingerprint density at radius 3 is 2.72 bits per heavy atom. The molecular formula is C26H35N3O7. The van der Waals surface area contributed by atoms with Gasteiger partial charge in [-0.3, -0.25) is 14.5 Å². The quantitative estimate of drug-likeness (QED) is 0.442. The lowest BCUT2D eigenvalue weighted by molar-refractivity contribution is -0.147. The highest BCUT2D eigenvalue weighted by Gasteiger charge is 2.51. The summed E-state index contributed by atoms with van der Waals surface area (Å²) in [7, 11) is 0. The lowest BCUT2D eigenvalue weighted by atomic mass is 9.77. The van der Waals surface area contributed by atoms with E-state index in [2.05, 4.69) is 10.2 Å². The minimum atomic E-state index is -1.04. The van der Waals surface area contributed by atoms with Crippen molar-refractivity contribution in [1.82, 2.24) is 15.1 Å². The van der Waals surface area contributed by atoms with Crippen LogP contribution in [0.15, 0.2) is 35.9 Å². The molecule has 2 amide bonds. The van der Waals surface area contributed by atoms with Crippen LogP contribution in [0, 0.1) is 0 Å². The molecule has 0 aromatic heterocycles. The molecular weight excluding hydrogens is 466 g/mol. The molecule has 36 heavy (non-hydrogen) atoms. The number of aliphatic hydroxyl groups excluding tert-OH is 2. The summed E-state index contributed by atoms with van der Waals surface area (Å²) in [6.07, 6.45) is 0.867. The normalized spacial score (nSPS) is 29.6. The second kappa shape index (κ2) is 11.3. The van der Waals surface area contributed by atoms with Crippen LogP contribution < -0.4 is 10.1 Å². The minimum Gasteiger partial charge on any atom is -0.486 e. The Labute approximate surface area is 210 Å². The number of para-hydroxylation sites is 1. The maximum Gasteiger partial charge on any atom is 0.252 e. The number of carbonyl (C=O) groups excluding carboxylic acids is 2. The number of morpholine rings is 1. The van der Waals surface area contributed by atoms with E-state index in [-0.39, 0.29) is 25.0 Å². The Morgan fingerprint density at radius 1 is 1.17 bits per heavy atom. The van der Waals surface area contributed by atoms with Gasteiger partial charge in [-0.25, -0.2) is 0 Å². The average Bonchev–Trinajstić information content (AvgIpc) is 3.58. The van der Waals surface area contributed by atoms with Gasteiger partial charge in [0.25, 0.3) is 5.91 Å². The standard InChI is InChI=1S/C26H35N3O7/c30-12-7-27-25(32)18-16-19(23(31)24-22(18)17-4-1-2-5-20(17)36-24)29(26(33)21-6-3-13-35-21)9-8-28-10-14-34-15-11-28/h1-2,4-5,16,19,21-24,30-31H,3,6-15H2,(H,27,32)/t19-,21?,22+,23+,24+/m1/s1. The van der Waals surface area contributed by atoms with Crippen molar-refractivity contribution in [3.63, 3.8) is 0 Å². The largest absolute Gasteiger partial charge is 0.486 e. The van der Waals surface area contributed by atoms with E-state index in [1.807, 2.05) is 24.3 Å². The molecule has 10 nitrogen and oxygen atoms in total. The van der Waals surface area contributed by atoms with E-state index < -0.39 is 30.3 Å². The van der Waals surface area contributed by atoms with Gasteiger partial charge in [-0.05, 0) is 25.0 Å². The van der Waals surface area contributed by atoms with Crippen LogP contribution in [0.3, 0.4) is 0 Å². The fourth-order valence-electron chi connectivity index (χ4n) is 5.63. The molecule has 10 heteroatoms. The van der Waals surface area contributed by atoms with Crippen molar-refractivity contribution in [2.75, 3.05) is 59.2 Å². The number of amides is 2. The monoisotopic (exact) mass is 501 g/mol. The molecule has 0 spiro atoms. The summed E-state index contributed by atoms with van der Waals surface area (Å²) in [5.74, 6) is -0.359. The van der Waals surface area contributed by atoms with Crippen molar-refractivity contribution in [1.29, 1.82) is 0 Å². The lowest BCUT2D eigenvalue weighted by Crippen LogP contribution is -2.58. The van der Waals surface area contributed by atoms with E-state index >= 15 is 0 Å². The van der Waals surface area contributed by atoms with Gasteiger partial charge < -0.3 is 34.6 Å². The van der Waals surface area contributed by atoms with Crippen LogP contribution in [0.1, 0.15) is 24.3 Å². The molecule has 196 valence electrons. The van der Waals surface area contributed by atoms with E-state index in [1.165, 1.54) is 0 Å². The molecule has 0 bridgehead atoms. The maximum atomic E-state index is 13.7. The summed E-state index contributed by atoms with van der Waals surface area (Å²) in [5.41, 5.74) is 1.26. The third-order valence-corrected chi connectivity index (χ3v) is 7.49. The highest BCUT2D eigenvalue weighted by molar-refractivity contribution is 5.96. The molecule has 3 heterocycles. The predicted molar refractivity (Wildman–Crippen MR) is 130 cm³/mol. The van der Waals surface area contributed by atoms with Gasteiger partial charge >= 0.3 is 0 Å². The highest BCUT2D eigenvalue weighted by atomic mass is 16.5. The zero-order valence-corrected chi connectivity index (χ0v) is 20.4. The smallest absolute Gasteiger partial charge is 0.252 e. The summed E-state index contributed by atoms with van der Waals surface area (Å²) >= 11 is 0. The van der Waals surface area contributed by atoms with Crippen LogP contribution in [0.4, 0.5) is 0 Å². The fraction of sp³-hybridized carbons (Fsp3) is 0.615. The first-order valence-electron chi connectivity index (χ1n) is 12.8. The highest BCUT2D eigenvalue weighted by Crippen LogP contribution is 2.47. The number of hydrogen-bond donors (Lipinski definition) is 3. The van der Waals surface area contributed by atoms with Crippen molar-refractivity contribution in [2.24, 2.45) is 0 Å². The zero-order valence-electron chi connectivity index (χ0n) is 20.4. The average molecular weight is 502 g/mol. The number of nitrogens with one attached hydrogen (secondary N) is 1. The SMILES string of the molecule is O=C(NCCO)C1=C[C@@H](N(CCN2CCOCC2)C(=O)C2CCCO2)[C@H](O)[C@H]2Oc3ccccc3[C@@H]12. The zero-order chi connectivity index (χ0) is 25.1. The molecule has 5 rings (SSSR count). The van der Waals surface area contributed by atoms with Gasteiger partial charge in [-0.15, -0.1) is 0 Å². The Bertz CT molecular complexity index is 974. The van der Waals surface area contributed by atoms with E-state index in [0.29, 0.717) is 50.7 Å². The van der Waals surface area contributed by atoms with E-state index in [9.17, 15) is 19.8 Å². The van der Waals surface area contributed by atoms with Crippen molar-refractivity contribution in [3.05, 3.63) is 41.5 Å². The van der Waals surface area contributed by atoms with E-state index in [1.54, 1.807) is 11.0 Å². The Kier molecular flexibility index (Phi) is 7.87. The number of ether oxygens (including phenoxy) is 3. The molecule has 2 fully saturated rings. The molecule has 4 aliphatic rings. The number of aliphatic hydroxyl groups is 2. The third-order valence-electron chi connectivity index (χ3n) is 7.49. The first kappa shape index (κ1) is 25.2. The van der Waals surface area contributed by atoms with Gasteiger partial charge in [0, 0.05) is 50.5 Å². The molecule has 3 N–H and O–H groups in total. The van der Waals surface area contributed by atoms with Crippen molar-refractivity contribution >= 4 is 11.8 Å². The van der Waals surface area contributed by atoms with Crippen LogP contribution in [-0.2, 0) is 19.1 Å². The number of carbonyl (C=O) groups is 2. The molecule has 3 aliphatic heterocycles. The minimum absolute atomic E-state index is 0.110. The lowest BCUT2D eigenvalue weighted by Gasteiger charge is -2.42. The molecule has 1 unspecified atom stereocenters. The topological polar surface area (TPSA) is 121 Å². The van der Waals surface area contributed by atoms with Gasteiger partial charge in [-0.1, -0.05) is 18.2 Å². The number of fused-ring (bicyclic) bond motifs is 3. The van der Waals surface area contributed by atoms with Gasteiger partial charge in [-0.2, -0.15) is 0 Å². The first-order chi connectivity index (χ1) is 17.6. The second-order valence-corrected chi connectivity index (χ2v) is 9.67. The predicted octanol–water partition coefficient (Wildman–Crippen LogP) is -0.351. The number of rotatable bonds is 8. The van der Waals surface area contributed by atoms with Crippen LogP contribution in [0.25, 0.3) is 0 Å². The maximum absolute atomic E-state index is 13.7. The van der Waals surface area contributed by atoms with Crippen molar-refractivity contribution in [2.45, 2.75) is 43.1 Å². The molecule has 1 aromatic carbocycles. The van der Waals surface area contributed by atoms with Crippen LogP contribution in [0.2, 0.25) is 0 Å². The number of benzene rings is 1. The van der Waals surface area contributed by atoms with Gasteiger partial charge in [0.05, 0.1) is 31.8 Å². The fourth-order valence-corrected chi connectivity index (χ4v) is 5.63.